The first-order valence-corrected chi connectivity index (χ1v) is 7.36. The molecular weight excluding hydrogens is 230 g/mol. The molecule has 16 heavy (non-hydrogen) atoms. The third kappa shape index (κ3) is 4.94. The Kier molecular flexibility index (Phi) is 5.21. The van der Waals surface area contributed by atoms with Crippen LogP contribution in [0.5, 0.6) is 0 Å². The van der Waals surface area contributed by atoms with Gasteiger partial charge in [-0.05, 0) is 25.8 Å². The van der Waals surface area contributed by atoms with Gasteiger partial charge in [-0.2, -0.15) is 0 Å². The van der Waals surface area contributed by atoms with E-state index in [4.69, 9.17) is 0 Å². The van der Waals surface area contributed by atoms with Crippen molar-refractivity contribution in [2.24, 2.45) is 0 Å². The maximum absolute atomic E-state index is 11.5. The second kappa shape index (κ2) is 6.20. The first-order chi connectivity index (χ1) is 7.53. The summed E-state index contributed by atoms with van der Waals surface area (Å²) < 4.78 is 27.4. The van der Waals surface area contributed by atoms with E-state index in [0.29, 0.717) is 6.42 Å². The van der Waals surface area contributed by atoms with E-state index >= 15 is 0 Å². The summed E-state index contributed by atoms with van der Waals surface area (Å²) in [5.41, 5.74) is 0. The molecule has 6 heteroatoms. The number of esters is 1. The summed E-state index contributed by atoms with van der Waals surface area (Å²) in [5, 5.41) is 3.28. The van der Waals surface area contributed by atoms with Crippen LogP contribution in [-0.4, -0.2) is 45.6 Å². The summed E-state index contributed by atoms with van der Waals surface area (Å²) in [6, 6.07) is 0.279. The Balaban J connectivity index is 2.32. The number of hydrogen-bond donors (Lipinski definition) is 1. The van der Waals surface area contributed by atoms with Crippen molar-refractivity contribution in [3.05, 3.63) is 0 Å². The average Bonchev–Trinajstić information content (AvgIpc) is 2.27. The van der Waals surface area contributed by atoms with Crippen LogP contribution in [0.4, 0.5) is 0 Å². The minimum atomic E-state index is -3.31. The fourth-order valence-corrected chi connectivity index (χ4v) is 3.07. The van der Waals surface area contributed by atoms with Gasteiger partial charge in [0, 0.05) is 6.04 Å². The number of piperidine rings is 1. The molecule has 1 N–H and O–H groups in total. The molecular formula is C10H19NO4S. The lowest BCUT2D eigenvalue weighted by atomic mass is 10.0. The molecule has 0 aromatic heterocycles. The van der Waals surface area contributed by atoms with E-state index in [2.05, 4.69) is 10.1 Å². The molecule has 1 rings (SSSR count). The number of methoxy groups -OCH3 is 1. The van der Waals surface area contributed by atoms with Gasteiger partial charge < -0.3 is 10.1 Å². The van der Waals surface area contributed by atoms with Crippen molar-refractivity contribution < 1.29 is 17.9 Å². The molecule has 1 unspecified atom stereocenters. The lowest BCUT2D eigenvalue weighted by Gasteiger charge is -2.23. The smallest absolute Gasteiger partial charge is 0.320 e. The van der Waals surface area contributed by atoms with Crippen molar-refractivity contribution in [2.75, 3.05) is 25.2 Å². The normalized spacial score (nSPS) is 21.7. The number of nitrogens with one attached hydrogen (secondary N) is 1. The van der Waals surface area contributed by atoms with Gasteiger partial charge in [0.2, 0.25) is 0 Å². The van der Waals surface area contributed by atoms with Crippen molar-refractivity contribution >= 4 is 15.8 Å². The highest BCUT2D eigenvalue weighted by molar-refractivity contribution is 7.92. The SMILES string of the molecule is COC(=O)CS(=O)(=O)CCC1CCCCN1. The first kappa shape index (κ1) is 13.4. The van der Waals surface area contributed by atoms with Crippen LogP contribution >= 0.6 is 0 Å². The standard InChI is InChI=1S/C10H19NO4S/c1-15-10(12)8-16(13,14)7-5-9-4-2-3-6-11-9/h9,11H,2-8H2,1H3. The molecule has 0 aromatic carbocycles. The largest absolute Gasteiger partial charge is 0.468 e. The van der Waals surface area contributed by atoms with Crippen LogP contribution in [0.15, 0.2) is 0 Å². The van der Waals surface area contributed by atoms with E-state index < -0.39 is 21.6 Å². The maximum atomic E-state index is 11.5. The molecule has 1 fully saturated rings. The quantitative estimate of drug-likeness (QED) is 0.700. The molecule has 0 amide bonds. The van der Waals surface area contributed by atoms with Crippen molar-refractivity contribution in [2.45, 2.75) is 31.7 Å². The summed E-state index contributed by atoms with van der Waals surface area (Å²) in [6.45, 7) is 0.960. The third-order valence-electron chi connectivity index (χ3n) is 2.76. The van der Waals surface area contributed by atoms with Gasteiger partial charge in [0.05, 0.1) is 12.9 Å². The molecule has 94 valence electrons. The van der Waals surface area contributed by atoms with E-state index in [1.54, 1.807) is 0 Å². The van der Waals surface area contributed by atoms with Crippen LogP contribution in [0.2, 0.25) is 0 Å². The van der Waals surface area contributed by atoms with Gasteiger partial charge >= 0.3 is 5.97 Å². The molecule has 1 atom stereocenters. The molecule has 0 radical (unpaired) electrons. The van der Waals surface area contributed by atoms with E-state index in [1.807, 2.05) is 0 Å². The molecule has 5 nitrogen and oxygen atoms in total. The van der Waals surface area contributed by atoms with Gasteiger partial charge in [-0.15, -0.1) is 0 Å². The Morgan fingerprint density at radius 3 is 2.75 bits per heavy atom. The van der Waals surface area contributed by atoms with Crippen molar-refractivity contribution in [1.82, 2.24) is 5.32 Å². The maximum Gasteiger partial charge on any atom is 0.320 e. The average molecular weight is 249 g/mol. The van der Waals surface area contributed by atoms with Crippen molar-refractivity contribution in [3.63, 3.8) is 0 Å². The third-order valence-corrected chi connectivity index (χ3v) is 4.29. The number of rotatable bonds is 5. The topological polar surface area (TPSA) is 72.5 Å². The molecule has 1 aliphatic rings. The highest BCUT2D eigenvalue weighted by Gasteiger charge is 2.20. The van der Waals surface area contributed by atoms with Gasteiger partial charge in [-0.1, -0.05) is 6.42 Å². The lowest BCUT2D eigenvalue weighted by molar-refractivity contribution is -0.137. The first-order valence-electron chi connectivity index (χ1n) is 5.54. The predicted octanol–water partition coefficient (Wildman–Crippen LogP) is 0.106. The highest BCUT2D eigenvalue weighted by atomic mass is 32.2. The summed E-state index contributed by atoms with van der Waals surface area (Å²) in [6.07, 6.45) is 3.91. The molecule has 1 saturated heterocycles. The van der Waals surface area contributed by atoms with Gasteiger partial charge in [-0.3, -0.25) is 4.79 Å². The van der Waals surface area contributed by atoms with E-state index in [0.717, 1.165) is 25.8 Å². The minimum absolute atomic E-state index is 0.0553. The van der Waals surface area contributed by atoms with Crippen LogP contribution in [0.3, 0.4) is 0 Å². The Bertz CT molecular complexity index is 320. The fraction of sp³-hybridized carbons (Fsp3) is 0.900. The van der Waals surface area contributed by atoms with E-state index in [9.17, 15) is 13.2 Å². The minimum Gasteiger partial charge on any atom is -0.468 e. The van der Waals surface area contributed by atoms with Gasteiger partial charge in [0.25, 0.3) is 0 Å². The van der Waals surface area contributed by atoms with Crippen LogP contribution in [0, 0.1) is 0 Å². The molecule has 1 aliphatic heterocycles. The number of carbonyl (C=O) groups is 1. The summed E-state index contributed by atoms with van der Waals surface area (Å²) in [5.74, 6) is -1.13. The summed E-state index contributed by atoms with van der Waals surface area (Å²) >= 11 is 0. The molecule has 0 bridgehead atoms. The second-order valence-electron chi connectivity index (χ2n) is 4.10. The van der Waals surface area contributed by atoms with E-state index in [-0.39, 0.29) is 11.8 Å². The van der Waals surface area contributed by atoms with Crippen LogP contribution in [0.25, 0.3) is 0 Å². The Hall–Kier alpha value is -0.620. The second-order valence-corrected chi connectivity index (χ2v) is 6.29. The Labute approximate surface area is 96.5 Å². The van der Waals surface area contributed by atoms with Crippen LogP contribution in [0.1, 0.15) is 25.7 Å². The van der Waals surface area contributed by atoms with Crippen LogP contribution in [-0.2, 0) is 19.4 Å². The number of hydrogen-bond acceptors (Lipinski definition) is 5. The monoisotopic (exact) mass is 249 g/mol. The number of ether oxygens (including phenoxy) is 1. The molecule has 0 saturated carbocycles. The number of carbonyl (C=O) groups excluding carboxylic acids is 1. The van der Waals surface area contributed by atoms with Crippen molar-refractivity contribution in [1.29, 1.82) is 0 Å². The van der Waals surface area contributed by atoms with Crippen LogP contribution < -0.4 is 5.32 Å². The summed E-state index contributed by atoms with van der Waals surface area (Å²) in [4.78, 5) is 10.9. The molecule has 0 aromatic rings. The zero-order chi connectivity index (χ0) is 12.0. The van der Waals surface area contributed by atoms with Gasteiger partial charge in [0.15, 0.2) is 9.84 Å². The Morgan fingerprint density at radius 1 is 1.44 bits per heavy atom. The Morgan fingerprint density at radius 2 is 2.19 bits per heavy atom. The fourth-order valence-electron chi connectivity index (χ4n) is 1.80. The zero-order valence-electron chi connectivity index (χ0n) is 9.57. The van der Waals surface area contributed by atoms with Crippen molar-refractivity contribution in [3.8, 4) is 0 Å². The van der Waals surface area contributed by atoms with E-state index in [1.165, 1.54) is 7.11 Å². The molecule has 0 aliphatic carbocycles. The summed E-state index contributed by atoms with van der Waals surface area (Å²) in [7, 11) is -2.11. The molecule has 0 spiro atoms. The highest BCUT2D eigenvalue weighted by Crippen LogP contribution is 2.11. The molecule has 1 heterocycles. The number of sulfone groups is 1. The van der Waals surface area contributed by atoms with Gasteiger partial charge in [0.1, 0.15) is 5.75 Å². The van der Waals surface area contributed by atoms with Gasteiger partial charge in [-0.25, -0.2) is 8.42 Å². The lowest BCUT2D eigenvalue weighted by Crippen LogP contribution is -2.36. The predicted molar refractivity (Wildman–Crippen MR) is 60.9 cm³/mol. The zero-order valence-corrected chi connectivity index (χ0v) is 10.4.